The molecular weight excluding hydrogens is 361 g/mol. The van der Waals surface area contributed by atoms with E-state index >= 15 is 0 Å². The molecule has 0 radical (unpaired) electrons. The van der Waals surface area contributed by atoms with Crippen LogP contribution < -0.4 is 5.32 Å². The summed E-state index contributed by atoms with van der Waals surface area (Å²) < 4.78 is 5.07. The van der Waals surface area contributed by atoms with Gasteiger partial charge in [0.1, 0.15) is 6.04 Å². The summed E-state index contributed by atoms with van der Waals surface area (Å²) in [6.45, 7) is 1.97. The molecule has 0 aromatic heterocycles. The minimum absolute atomic E-state index is 0.0107. The molecule has 0 fully saturated rings. The number of carbonyl (C=O) groups is 2. The maximum atomic E-state index is 12.4. The lowest BCUT2D eigenvalue weighted by Crippen LogP contribution is -2.44. The van der Waals surface area contributed by atoms with Crippen molar-refractivity contribution in [3.8, 4) is 0 Å². The fraction of sp³-hybridized carbons (Fsp3) is 0.263. The molecule has 0 heterocycles. The molecule has 0 bridgehead atoms. The summed E-state index contributed by atoms with van der Waals surface area (Å²) in [5.41, 5.74) is 1.46. The SMILES string of the molecule is CCOC(=O)[C@H](Cc1ccccc1)NC(=O)Cc1c(Cl)cccc1Cl. The molecule has 0 unspecified atom stereocenters. The van der Waals surface area contributed by atoms with Crippen LogP contribution in [0.25, 0.3) is 0 Å². The second-order valence-electron chi connectivity index (χ2n) is 5.44. The number of amides is 1. The van der Waals surface area contributed by atoms with Crippen LogP contribution >= 0.6 is 23.2 Å². The van der Waals surface area contributed by atoms with Crippen LogP contribution in [0.1, 0.15) is 18.1 Å². The van der Waals surface area contributed by atoms with Gasteiger partial charge in [0.2, 0.25) is 5.91 Å². The van der Waals surface area contributed by atoms with Gasteiger partial charge in [-0.3, -0.25) is 4.79 Å². The van der Waals surface area contributed by atoms with Crippen molar-refractivity contribution < 1.29 is 14.3 Å². The van der Waals surface area contributed by atoms with Gasteiger partial charge in [0.25, 0.3) is 0 Å². The molecule has 132 valence electrons. The van der Waals surface area contributed by atoms with Crippen LogP contribution in [0.15, 0.2) is 48.5 Å². The van der Waals surface area contributed by atoms with E-state index in [1.807, 2.05) is 30.3 Å². The number of hydrogen-bond acceptors (Lipinski definition) is 3. The van der Waals surface area contributed by atoms with Crippen molar-refractivity contribution in [1.29, 1.82) is 0 Å². The molecule has 0 aliphatic rings. The van der Waals surface area contributed by atoms with E-state index in [0.717, 1.165) is 5.56 Å². The lowest BCUT2D eigenvalue weighted by Gasteiger charge is -2.18. The van der Waals surface area contributed by atoms with E-state index in [1.165, 1.54) is 0 Å². The molecule has 0 saturated carbocycles. The molecule has 0 aliphatic heterocycles. The van der Waals surface area contributed by atoms with Gasteiger partial charge in [0, 0.05) is 16.5 Å². The Hall–Kier alpha value is -2.04. The van der Waals surface area contributed by atoms with E-state index in [0.29, 0.717) is 22.0 Å². The quantitative estimate of drug-likeness (QED) is 0.743. The van der Waals surface area contributed by atoms with E-state index in [4.69, 9.17) is 27.9 Å². The molecule has 2 aromatic rings. The molecule has 25 heavy (non-hydrogen) atoms. The zero-order valence-electron chi connectivity index (χ0n) is 13.8. The first-order valence-electron chi connectivity index (χ1n) is 7.94. The fourth-order valence-electron chi connectivity index (χ4n) is 2.39. The molecule has 0 saturated heterocycles. The van der Waals surface area contributed by atoms with E-state index < -0.39 is 12.0 Å². The molecule has 1 amide bonds. The summed E-state index contributed by atoms with van der Waals surface area (Å²) in [5.74, 6) is -0.811. The van der Waals surface area contributed by atoms with Gasteiger partial charge in [0.05, 0.1) is 13.0 Å². The summed E-state index contributed by atoms with van der Waals surface area (Å²) in [6.07, 6.45) is 0.338. The highest BCUT2D eigenvalue weighted by Gasteiger charge is 2.23. The Morgan fingerprint density at radius 3 is 2.28 bits per heavy atom. The van der Waals surface area contributed by atoms with Crippen molar-refractivity contribution in [3.05, 3.63) is 69.7 Å². The number of benzene rings is 2. The molecule has 2 rings (SSSR count). The second-order valence-corrected chi connectivity index (χ2v) is 6.25. The highest BCUT2D eigenvalue weighted by atomic mass is 35.5. The van der Waals surface area contributed by atoms with Crippen LogP contribution in [0.3, 0.4) is 0 Å². The predicted octanol–water partition coefficient (Wildman–Crippen LogP) is 3.83. The first-order valence-corrected chi connectivity index (χ1v) is 8.69. The lowest BCUT2D eigenvalue weighted by atomic mass is 10.1. The van der Waals surface area contributed by atoms with Crippen molar-refractivity contribution in [2.24, 2.45) is 0 Å². The van der Waals surface area contributed by atoms with E-state index in [9.17, 15) is 9.59 Å². The summed E-state index contributed by atoms with van der Waals surface area (Å²) in [4.78, 5) is 24.6. The predicted molar refractivity (Wildman–Crippen MR) is 98.9 cm³/mol. The summed E-state index contributed by atoms with van der Waals surface area (Å²) >= 11 is 12.2. The standard InChI is InChI=1S/C19H19Cl2NO3/c1-2-25-19(24)17(11-13-7-4-3-5-8-13)22-18(23)12-14-15(20)9-6-10-16(14)21/h3-10,17H,2,11-12H2,1H3,(H,22,23)/t17-/m0/s1. The fourth-order valence-corrected chi connectivity index (χ4v) is 2.92. The monoisotopic (exact) mass is 379 g/mol. The molecule has 2 aromatic carbocycles. The van der Waals surface area contributed by atoms with Gasteiger partial charge in [-0.1, -0.05) is 59.6 Å². The molecule has 0 aliphatic carbocycles. The Balaban J connectivity index is 2.10. The van der Waals surface area contributed by atoms with Gasteiger partial charge in [-0.15, -0.1) is 0 Å². The van der Waals surface area contributed by atoms with Crippen molar-refractivity contribution in [1.82, 2.24) is 5.32 Å². The van der Waals surface area contributed by atoms with Crippen molar-refractivity contribution >= 4 is 35.1 Å². The number of carbonyl (C=O) groups excluding carboxylic acids is 2. The number of hydrogen-bond donors (Lipinski definition) is 1. The van der Waals surface area contributed by atoms with Crippen LogP contribution in [0.4, 0.5) is 0 Å². The minimum Gasteiger partial charge on any atom is -0.464 e. The summed E-state index contributed by atoms with van der Waals surface area (Å²) in [6, 6.07) is 13.7. The number of ether oxygens (including phenoxy) is 1. The van der Waals surface area contributed by atoms with Gasteiger partial charge in [0.15, 0.2) is 0 Å². The van der Waals surface area contributed by atoms with Crippen molar-refractivity contribution in [2.75, 3.05) is 6.61 Å². The zero-order chi connectivity index (χ0) is 18.2. The van der Waals surface area contributed by atoms with E-state index in [-0.39, 0.29) is 18.9 Å². The number of nitrogens with one attached hydrogen (secondary N) is 1. The van der Waals surface area contributed by atoms with Gasteiger partial charge in [-0.05, 0) is 30.2 Å². The molecule has 6 heteroatoms. The van der Waals surface area contributed by atoms with Gasteiger partial charge in [-0.25, -0.2) is 4.79 Å². The van der Waals surface area contributed by atoms with Crippen LogP contribution in [-0.4, -0.2) is 24.5 Å². The first-order chi connectivity index (χ1) is 12.0. The van der Waals surface area contributed by atoms with Gasteiger partial charge >= 0.3 is 5.97 Å². The van der Waals surface area contributed by atoms with Gasteiger partial charge in [-0.2, -0.15) is 0 Å². The number of halogens is 2. The van der Waals surface area contributed by atoms with Crippen LogP contribution in [-0.2, 0) is 27.2 Å². The minimum atomic E-state index is -0.767. The average molecular weight is 380 g/mol. The second kappa shape index (κ2) is 9.44. The maximum Gasteiger partial charge on any atom is 0.328 e. The Kier molecular flexibility index (Phi) is 7.29. The molecule has 4 nitrogen and oxygen atoms in total. The first kappa shape index (κ1) is 19.3. The van der Waals surface area contributed by atoms with Gasteiger partial charge < -0.3 is 10.1 Å². The molecular formula is C19H19Cl2NO3. The van der Waals surface area contributed by atoms with Crippen LogP contribution in [0, 0.1) is 0 Å². The third-order valence-electron chi connectivity index (χ3n) is 3.59. The van der Waals surface area contributed by atoms with Crippen molar-refractivity contribution in [3.63, 3.8) is 0 Å². The normalized spacial score (nSPS) is 11.6. The third kappa shape index (κ3) is 5.76. The van der Waals surface area contributed by atoms with E-state index in [2.05, 4.69) is 5.32 Å². The van der Waals surface area contributed by atoms with Crippen LogP contribution in [0.5, 0.6) is 0 Å². The lowest BCUT2D eigenvalue weighted by molar-refractivity contribution is -0.147. The number of esters is 1. The highest BCUT2D eigenvalue weighted by molar-refractivity contribution is 6.36. The van der Waals surface area contributed by atoms with Crippen LogP contribution in [0.2, 0.25) is 10.0 Å². The zero-order valence-corrected chi connectivity index (χ0v) is 15.3. The largest absolute Gasteiger partial charge is 0.464 e. The summed E-state index contributed by atoms with van der Waals surface area (Å²) in [5, 5.41) is 3.55. The Morgan fingerprint density at radius 1 is 1.04 bits per heavy atom. The topological polar surface area (TPSA) is 55.4 Å². The summed E-state index contributed by atoms with van der Waals surface area (Å²) in [7, 11) is 0. The maximum absolute atomic E-state index is 12.4. The molecule has 1 atom stereocenters. The highest BCUT2D eigenvalue weighted by Crippen LogP contribution is 2.24. The molecule has 1 N–H and O–H groups in total. The number of rotatable bonds is 7. The third-order valence-corrected chi connectivity index (χ3v) is 4.30. The van der Waals surface area contributed by atoms with Crippen molar-refractivity contribution in [2.45, 2.75) is 25.8 Å². The Bertz CT molecular complexity index is 714. The smallest absolute Gasteiger partial charge is 0.328 e. The Morgan fingerprint density at radius 2 is 1.68 bits per heavy atom. The van der Waals surface area contributed by atoms with E-state index in [1.54, 1.807) is 25.1 Å². The Labute approximate surface area is 157 Å². The molecule has 0 spiro atoms. The average Bonchev–Trinajstić information content (AvgIpc) is 2.59.